The first-order valence-corrected chi connectivity index (χ1v) is 6.84. The van der Waals surface area contributed by atoms with Gasteiger partial charge in [0.25, 0.3) is 5.91 Å². The van der Waals surface area contributed by atoms with Crippen LogP contribution in [0.1, 0.15) is 24.2 Å². The fourth-order valence-electron chi connectivity index (χ4n) is 2.31. The molecule has 102 valence electrons. The van der Waals surface area contributed by atoms with E-state index in [9.17, 15) is 4.79 Å². The average molecular weight is 266 g/mol. The summed E-state index contributed by atoms with van der Waals surface area (Å²) in [6.45, 7) is 4.84. The molecule has 1 unspecified atom stereocenters. The molecule has 0 saturated carbocycles. The number of fused-ring (bicyclic) bond motifs is 1. The standard InChI is InChI=1S/C17H18N2O/c1-3-19(12-13(2)11-18)17(20)16-10-6-8-14-7-4-5-9-15(14)16/h4-10,13H,3,12H2,1-2H3. The fourth-order valence-corrected chi connectivity index (χ4v) is 2.31. The smallest absolute Gasteiger partial charge is 0.254 e. The zero-order valence-electron chi connectivity index (χ0n) is 11.8. The molecule has 20 heavy (non-hydrogen) atoms. The summed E-state index contributed by atoms with van der Waals surface area (Å²) >= 11 is 0. The molecule has 0 radical (unpaired) electrons. The maximum absolute atomic E-state index is 12.7. The molecule has 3 nitrogen and oxygen atoms in total. The molecule has 0 N–H and O–H groups in total. The van der Waals surface area contributed by atoms with Crippen LogP contribution in [-0.4, -0.2) is 23.9 Å². The van der Waals surface area contributed by atoms with E-state index in [1.54, 1.807) is 4.90 Å². The van der Waals surface area contributed by atoms with E-state index in [4.69, 9.17) is 5.26 Å². The lowest BCUT2D eigenvalue weighted by molar-refractivity contribution is 0.0754. The number of hydrogen-bond donors (Lipinski definition) is 0. The number of rotatable bonds is 4. The minimum atomic E-state index is -0.158. The molecule has 0 aromatic heterocycles. The van der Waals surface area contributed by atoms with E-state index in [0.717, 1.165) is 10.8 Å². The molecular formula is C17H18N2O. The number of amides is 1. The van der Waals surface area contributed by atoms with Crippen LogP contribution < -0.4 is 0 Å². The fraction of sp³-hybridized carbons (Fsp3) is 0.294. The highest BCUT2D eigenvalue weighted by Gasteiger charge is 2.18. The molecule has 2 rings (SSSR count). The zero-order valence-corrected chi connectivity index (χ0v) is 11.8. The third-order valence-electron chi connectivity index (χ3n) is 3.40. The Kier molecular flexibility index (Phi) is 4.37. The highest BCUT2D eigenvalue weighted by Crippen LogP contribution is 2.20. The average Bonchev–Trinajstić information content (AvgIpc) is 2.51. The molecule has 2 aromatic rings. The molecule has 0 spiro atoms. The summed E-state index contributed by atoms with van der Waals surface area (Å²) in [4.78, 5) is 14.4. The van der Waals surface area contributed by atoms with Gasteiger partial charge in [-0.3, -0.25) is 4.79 Å². The predicted octanol–water partition coefficient (Wildman–Crippen LogP) is 3.46. The molecule has 2 aromatic carbocycles. The molecule has 0 aliphatic carbocycles. The molecule has 0 heterocycles. The second-order valence-corrected chi connectivity index (χ2v) is 4.90. The van der Waals surface area contributed by atoms with Gasteiger partial charge in [-0.15, -0.1) is 0 Å². The van der Waals surface area contributed by atoms with Crippen molar-refractivity contribution in [1.82, 2.24) is 4.90 Å². The van der Waals surface area contributed by atoms with Gasteiger partial charge < -0.3 is 4.90 Å². The molecule has 3 heteroatoms. The van der Waals surface area contributed by atoms with Crippen LogP contribution in [-0.2, 0) is 0 Å². The molecule has 0 aliphatic heterocycles. The Bertz CT molecular complexity index is 652. The summed E-state index contributed by atoms with van der Waals surface area (Å²) in [5.41, 5.74) is 0.704. The number of nitrogens with zero attached hydrogens (tertiary/aromatic N) is 2. The van der Waals surface area contributed by atoms with Gasteiger partial charge >= 0.3 is 0 Å². The van der Waals surface area contributed by atoms with Crippen LogP contribution in [0.2, 0.25) is 0 Å². The van der Waals surface area contributed by atoms with Crippen molar-refractivity contribution >= 4 is 16.7 Å². The Morgan fingerprint density at radius 1 is 1.25 bits per heavy atom. The Hall–Kier alpha value is -2.34. The third-order valence-corrected chi connectivity index (χ3v) is 3.40. The summed E-state index contributed by atoms with van der Waals surface area (Å²) in [7, 11) is 0. The maximum Gasteiger partial charge on any atom is 0.254 e. The van der Waals surface area contributed by atoms with Crippen LogP contribution >= 0.6 is 0 Å². The maximum atomic E-state index is 12.7. The van der Waals surface area contributed by atoms with Crippen molar-refractivity contribution in [1.29, 1.82) is 5.26 Å². The van der Waals surface area contributed by atoms with Crippen LogP contribution in [0, 0.1) is 17.2 Å². The summed E-state index contributed by atoms with van der Waals surface area (Å²) in [5, 5.41) is 10.9. The van der Waals surface area contributed by atoms with Gasteiger partial charge in [0.1, 0.15) is 0 Å². The van der Waals surface area contributed by atoms with Gasteiger partial charge in [-0.1, -0.05) is 36.4 Å². The Morgan fingerprint density at radius 3 is 2.65 bits per heavy atom. The number of carbonyl (C=O) groups is 1. The highest BCUT2D eigenvalue weighted by atomic mass is 16.2. The van der Waals surface area contributed by atoms with Gasteiger partial charge in [0.15, 0.2) is 0 Å². The lowest BCUT2D eigenvalue weighted by Crippen LogP contribution is -2.34. The van der Waals surface area contributed by atoms with Gasteiger partial charge in [0, 0.05) is 18.7 Å². The number of carbonyl (C=O) groups excluding carboxylic acids is 1. The van der Waals surface area contributed by atoms with Crippen LogP contribution in [0.5, 0.6) is 0 Å². The van der Waals surface area contributed by atoms with Crippen molar-refractivity contribution in [3.63, 3.8) is 0 Å². The van der Waals surface area contributed by atoms with Gasteiger partial charge in [-0.05, 0) is 30.7 Å². The van der Waals surface area contributed by atoms with Crippen molar-refractivity contribution in [3.8, 4) is 6.07 Å². The minimum absolute atomic E-state index is 0.00796. The molecular weight excluding hydrogens is 248 g/mol. The van der Waals surface area contributed by atoms with Gasteiger partial charge in [0.05, 0.1) is 12.0 Å². The van der Waals surface area contributed by atoms with E-state index in [0.29, 0.717) is 18.7 Å². The van der Waals surface area contributed by atoms with E-state index < -0.39 is 0 Å². The largest absolute Gasteiger partial charge is 0.338 e. The summed E-state index contributed by atoms with van der Waals surface area (Å²) < 4.78 is 0. The number of benzene rings is 2. The Balaban J connectivity index is 2.37. The molecule has 1 amide bonds. The summed E-state index contributed by atoms with van der Waals surface area (Å²) in [5.74, 6) is -0.166. The molecule has 1 atom stereocenters. The highest BCUT2D eigenvalue weighted by molar-refractivity contribution is 6.07. The van der Waals surface area contributed by atoms with E-state index in [1.807, 2.05) is 56.3 Å². The number of hydrogen-bond acceptors (Lipinski definition) is 2. The van der Waals surface area contributed by atoms with Crippen molar-refractivity contribution < 1.29 is 4.79 Å². The van der Waals surface area contributed by atoms with E-state index in [1.165, 1.54) is 0 Å². The number of nitriles is 1. The first-order chi connectivity index (χ1) is 9.67. The first-order valence-electron chi connectivity index (χ1n) is 6.84. The molecule has 0 saturated heterocycles. The van der Waals surface area contributed by atoms with Gasteiger partial charge in [0.2, 0.25) is 0 Å². The lowest BCUT2D eigenvalue weighted by atomic mass is 10.0. The van der Waals surface area contributed by atoms with E-state index in [2.05, 4.69) is 6.07 Å². The monoisotopic (exact) mass is 266 g/mol. The van der Waals surface area contributed by atoms with E-state index >= 15 is 0 Å². The van der Waals surface area contributed by atoms with Crippen LogP contribution in [0.4, 0.5) is 0 Å². The van der Waals surface area contributed by atoms with Crippen molar-refractivity contribution in [2.24, 2.45) is 5.92 Å². The molecule has 0 aliphatic rings. The Morgan fingerprint density at radius 2 is 1.95 bits per heavy atom. The van der Waals surface area contributed by atoms with Gasteiger partial charge in [-0.2, -0.15) is 5.26 Å². The van der Waals surface area contributed by atoms with Crippen LogP contribution in [0.25, 0.3) is 10.8 Å². The Labute approximate surface area is 119 Å². The van der Waals surface area contributed by atoms with Crippen molar-refractivity contribution in [2.75, 3.05) is 13.1 Å². The van der Waals surface area contributed by atoms with Gasteiger partial charge in [-0.25, -0.2) is 0 Å². The zero-order chi connectivity index (χ0) is 14.5. The van der Waals surface area contributed by atoms with Crippen LogP contribution in [0.15, 0.2) is 42.5 Å². The lowest BCUT2D eigenvalue weighted by Gasteiger charge is -2.22. The normalized spacial score (nSPS) is 11.8. The van der Waals surface area contributed by atoms with Crippen molar-refractivity contribution in [2.45, 2.75) is 13.8 Å². The second-order valence-electron chi connectivity index (χ2n) is 4.90. The van der Waals surface area contributed by atoms with E-state index in [-0.39, 0.29) is 11.8 Å². The first kappa shape index (κ1) is 14.1. The minimum Gasteiger partial charge on any atom is -0.338 e. The predicted molar refractivity (Wildman–Crippen MR) is 80.3 cm³/mol. The second kappa shape index (κ2) is 6.21. The SMILES string of the molecule is CCN(CC(C)C#N)C(=O)c1cccc2ccccc12. The summed E-state index contributed by atoms with van der Waals surface area (Å²) in [6, 6.07) is 15.8. The van der Waals surface area contributed by atoms with Crippen LogP contribution in [0.3, 0.4) is 0 Å². The summed E-state index contributed by atoms with van der Waals surface area (Å²) in [6.07, 6.45) is 0. The molecule has 0 fully saturated rings. The quantitative estimate of drug-likeness (QED) is 0.850. The topological polar surface area (TPSA) is 44.1 Å². The third kappa shape index (κ3) is 2.80. The van der Waals surface area contributed by atoms with Crippen molar-refractivity contribution in [3.05, 3.63) is 48.0 Å². The molecule has 0 bridgehead atoms.